The molecule has 1 aromatic carbocycles. The minimum absolute atomic E-state index is 0.0383. The molecule has 0 atom stereocenters. The largest absolute Gasteiger partial charge is 0.436 e. The van der Waals surface area contributed by atoms with Gasteiger partial charge in [-0.1, -0.05) is 17.7 Å². The molecule has 0 unspecified atom stereocenters. The van der Waals surface area contributed by atoms with Crippen LogP contribution in [0.2, 0.25) is 5.02 Å². The molecular weight excluding hydrogens is 518 g/mol. The highest BCUT2D eigenvalue weighted by molar-refractivity contribution is 9.10. The number of nitrogens with one attached hydrogen (secondary N) is 1. The van der Waals surface area contributed by atoms with Crippen LogP contribution < -0.4 is 5.32 Å². The van der Waals surface area contributed by atoms with E-state index in [-0.39, 0.29) is 40.3 Å². The van der Waals surface area contributed by atoms with E-state index in [9.17, 15) is 22.4 Å². The summed E-state index contributed by atoms with van der Waals surface area (Å²) >= 11 is 8.99. The predicted molar refractivity (Wildman–Crippen MR) is 115 cm³/mol. The van der Waals surface area contributed by atoms with Gasteiger partial charge in [-0.3, -0.25) is 14.2 Å². The molecule has 3 aromatic rings. The average molecular weight is 537 g/mol. The van der Waals surface area contributed by atoms with Crippen molar-refractivity contribution in [3.8, 4) is 0 Å². The second-order valence-corrected chi connectivity index (χ2v) is 8.37. The molecular formula is C20H19BrClF4N5O. The molecule has 0 aliphatic rings. The first-order valence-corrected chi connectivity index (χ1v) is 10.6. The van der Waals surface area contributed by atoms with Crippen molar-refractivity contribution in [2.75, 3.05) is 5.32 Å². The van der Waals surface area contributed by atoms with Gasteiger partial charge in [0.05, 0.1) is 40.3 Å². The van der Waals surface area contributed by atoms with Crippen molar-refractivity contribution in [1.29, 1.82) is 0 Å². The highest BCUT2D eigenvalue weighted by atomic mass is 79.9. The standard InChI is InChI=1S/C20H19BrClF4N5O/c1-10-18(12(3)31(28-10)9-13-14(22)5-4-6-15(13)23)27-16(32)7-8-30-11(2)17(21)19(29-30)20(24,25)26/h4-6H,7-9H2,1-3H3,(H,27,32). The third kappa shape index (κ3) is 4.98. The van der Waals surface area contributed by atoms with Crippen molar-refractivity contribution >= 4 is 39.1 Å². The van der Waals surface area contributed by atoms with Gasteiger partial charge in [0.1, 0.15) is 5.82 Å². The number of halogens is 6. The highest BCUT2D eigenvalue weighted by Gasteiger charge is 2.37. The number of alkyl halides is 3. The molecule has 1 N–H and O–H groups in total. The summed E-state index contributed by atoms with van der Waals surface area (Å²) < 4.78 is 55.6. The summed E-state index contributed by atoms with van der Waals surface area (Å²) in [5, 5.41) is 10.9. The Labute approximate surface area is 194 Å². The lowest BCUT2D eigenvalue weighted by Gasteiger charge is -2.09. The molecule has 2 aromatic heterocycles. The van der Waals surface area contributed by atoms with Gasteiger partial charge in [0.25, 0.3) is 0 Å². The lowest BCUT2D eigenvalue weighted by Crippen LogP contribution is -2.17. The molecule has 0 saturated carbocycles. The maximum Gasteiger partial charge on any atom is 0.436 e. The van der Waals surface area contributed by atoms with Crippen LogP contribution in [0.15, 0.2) is 22.7 Å². The lowest BCUT2D eigenvalue weighted by molar-refractivity contribution is -0.142. The Morgan fingerprint density at radius 1 is 1.16 bits per heavy atom. The van der Waals surface area contributed by atoms with Crippen molar-refractivity contribution in [3.05, 3.63) is 61.9 Å². The van der Waals surface area contributed by atoms with E-state index < -0.39 is 23.6 Å². The van der Waals surface area contributed by atoms with E-state index in [1.807, 2.05) is 0 Å². The quantitative estimate of drug-likeness (QED) is 0.414. The summed E-state index contributed by atoms with van der Waals surface area (Å²) in [6, 6.07) is 4.38. The maximum atomic E-state index is 14.1. The summed E-state index contributed by atoms with van der Waals surface area (Å²) in [4.78, 5) is 12.5. The molecule has 0 aliphatic heterocycles. The lowest BCUT2D eigenvalue weighted by atomic mass is 10.2. The average Bonchev–Trinajstić information content (AvgIpc) is 3.13. The van der Waals surface area contributed by atoms with Crippen molar-refractivity contribution in [2.24, 2.45) is 0 Å². The number of aromatic nitrogens is 4. The van der Waals surface area contributed by atoms with Crippen molar-refractivity contribution < 1.29 is 22.4 Å². The summed E-state index contributed by atoms with van der Waals surface area (Å²) in [5.74, 6) is -0.881. The Morgan fingerprint density at radius 3 is 2.44 bits per heavy atom. The second-order valence-electron chi connectivity index (χ2n) is 7.17. The van der Waals surface area contributed by atoms with E-state index in [4.69, 9.17) is 11.6 Å². The number of benzene rings is 1. The Hall–Kier alpha value is -2.40. The monoisotopic (exact) mass is 535 g/mol. The van der Waals surface area contributed by atoms with Crippen LogP contribution in [0.1, 0.15) is 34.8 Å². The van der Waals surface area contributed by atoms with Crippen LogP contribution in [0.4, 0.5) is 23.2 Å². The number of nitrogens with zero attached hydrogens (tertiary/aromatic N) is 4. The zero-order valence-corrected chi connectivity index (χ0v) is 19.7. The van der Waals surface area contributed by atoms with Crippen LogP contribution in [-0.2, 0) is 24.1 Å². The van der Waals surface area contributed by atoms with Gasteiger partial charge in [-0.05, 0) is 48.8 Å². The summed E-state index contributed by atoms with van der Waals surface area (Å²) in [5.41, 5.74) is 1.07. The Morgan fingerprint density at radius 2 is 1.84 bits per heavy atom. The Kier molecular flexibility index (Phi) is 6.99. The molecule has 0 spiro atoms. The number of carbonyl (C=O) groups is 1. The van der Waals surface area contributed by atoms with E-state index >= 15 is 0 Å². The first-order chi connectivity index (χ1) is 14.9. The van der Waals surface area contributed by atoms with Crippen LogP contribution >= 0.6 is 27.5 Å². The van der Waals surface area contributed by atoms with Gasteiger partial charge in [0.2, 0.25) is 5.91 Å². The number of anilines is 1. The van der Waals surface area contributed by atoms with E-state index in [0.717, 1.165) is 4.68 Å². The SMILES string of the molecule is Cc1nn(Cc2c(F)cccc2Cl)c(C)c1NC(=O)CCn1nc(C(F)(F)F)c(Br)c1C. The van der Waals surface area contributed by atoms with E-state index in [1.54, 1.807) is 19.9 Å². The van der Waals surface area contributed by atoms with E-state index in [2.05, 4.69) is 31.4 Å². The molecule has 0 bridgehead atoms. The van der Waals surface area contributed by atoms with E-state index in [0.29, 0.717) is 17.1 Å². The molecule has 1 amide bonds. The van der Waals surface area contributed by atoms with Gasteiger partial charge >= 0.3 is 6.18 Å². The molecule has 0 fully saturated rings. The van der Waals surface area contributed by atoms with E-state index in [1.165, 1.54) is 23.7 Å². The van der Waals surface area contributed by atoms with Crippen LogP contribution in [0.5, 0.6) is 0 Å². The Balaban J connectivity index is 1.71. The summed E-state index contributed by atoms with van der Waals surface area (Å²) in [6.45, 7) is 4.93. The van der Waals surface area contributed by atoms with Crippen LogP contribution in [0, 0.1) is 26.6 Å². The zero-order chi connectivity index (χ0) is 23.8. The molecule has 0 aliphatic carbocycles. The molecule has 0 radical (unpaired) electrons. The number of amides is 1. The van der Waals surface area contributed by atoms with Gasteiger partial charge in [-0.15, -0.1) is 0 Å². The first-order valence-electron chi connectivity index (χ1n) is 9.47. The van der Waals surface area contributed by atoms with Crippen LogP contribution in [-0.4, -0.2) is 25.5 Å². The third-order valence-corrected chi connectivity index (χ3v) is 6.27. The van der Waals surface area contributed by atoms with Crippen LogP contribution in [0.3, 0.4) is 0 Å². The van der Waals surface area contributed by atoms with Crippen molar-refractivity contribution in [2.45, 2.75) is 46.5 Å². The molecule has 2 heterocycles. The molecule has 3 rings (SSSR count). The van der Waals surface area contributed by atoms with Crippen LogP contribution in [0.25, 0.3) is 0 Å². The van der Waals surface area contributed by atoms with Crippen molar-refractivity contribution in [1.82, 2.24) is 19.6 Å². The fourth-order valence-corrected chi connectivity index (χ4v) is 3.93. The minimum atomic E-state index is -4.60. The fourth-order valence-electron chi connectivity index (χ4n) is 3.20. The van der Waals surface area contributed by atoms with Gasteiger partial charge in [0, 0.05) is 17.0 Å². The third-order valence-electron chi connectivity index (χ3n) is 4.97. The number of rotatable bonds is 6. The van der Waals surface area contributed by atoms with Crippen molar-refractivity contribution in [3.63, 3.8) is 0 Å². The number of aryl methyl sites for hydroxylation is 2. The van der Waals surface area contributed by atoms with Gasteiger partial charge in [-0.25, -0.2) is 4.39 Å². The van der Waals surface area contributed by atoms with Gasteiger partial charge in [-0.2, -0.15) is 23.4 Å². The minimum Gasteiger partial charge on any atom is -0.323 e. The molecule has 172 valence electrons. The molecule has 32 heavy (non-hydrogen) atoms. The molecule has 6 nitrogen and oxygen atoms in total. The summed E-state index contributed by atoms with van der Waals surface area (Å²) in [6.07, 6.45) is -4.70. The predicted octanol–water partition coefficient (Wildman–Crippen LogP) is 5.66. The maximum absolute atomic E-state index is 14.1. The fraction of sp³-hybridized carbons (Fsp3) is 0.350. The smallest absolute Gasteiger partial charge is 0.323 e. The van der Waals surface area contributed by atoms with Gasteiger partial charge in [0.15, 0.2) is 5.69 Å². The number of carbonyl (C=O) groups excluding carboxylic acids is 1. The molecule has 12 heteroatoms. The number of hydrogen-bond acceptors (Lipinski definition) is 3. The highest BCUT2D eigenvalue weighted by Crippen LogP contribution is 2.35. The zero-order valence-electron chi connectivity index (χ0n) is 17.3. The van der Waals surface area contributed by atoms with Gasteiger partial charge < -0.3 is 5.32 Å². The topological polar surface area (TPSA) is 64.7 Å². The number of hydrogen-bond donors (Lipinski definition) is 1. The first kappa shape index (κ1) is 24.2. The second kappa shape index (κ2) is 9.22. The molecule has 0 saturated heterocycles. The Bertz CT molecular complexity index is 1150. The normalized spacial score (nSPS) is 11.8. The summed E-state index contributed by atoms with van der Waals surface area (Å²) in [7, 11) is 0.